The Hall–Kier alpha value is -2.86. The zero-order valence-electron chi connectivity index (χ0n) is 21.7. The highest BCUT2D eigenvalue weighted by Gasteiger charge is 2.28. The van der Waals surface area contributed by atoms with Crippen LogP contribution in [-0.4, -0.2) is 90.9 Å². The number of hydrogen-bond acceptors (Lipinski definition) is 8. The molecule has 3 aliphatic rings. The van der Waals surface area contributed by atoms with Gasteiger partial charge in [-0.2, -0.15) is 4.31 Å². The van der Waals surface area contributed by atoms with Gasteiger partial charge in [-0.05, 0) is 49.6 Å². The molecule has 0 bridgehead atoms. The predicted molar refractivity (Wildman–Crippen MR) is 149 cm³/mol. The van der Waals surface area contributed by atoms with Crippen molar-refractivity contribution in [3.8, 4) is 0 Å². The highest BCUT2D eigenvalue weighted by atomic mass is 32.2. The number of sulfonamides is 1. The van der Waals surface area contributed by atoms with E-state index >= 15 is 0 Å². The van der Waals surface area contributed by atoms with Crippen molar-refractivity contribution in [1.29, 1.82) is 0 Å². The van der Waals surface area contributed by atoms with Gasteiger partial charge in [0, 0.05) is 39.3 Å². The van der Waals surface area contributed by atoms with E-state index in [1.54, 1.807) is 18.2 Å². The van der Waals surface area contributed by atoms with Crippen LogP contribution in [0.2, 0.25) is 0 Å². The van der Waals surface area contributed by atoms with Crippen LogP contribution in [0.25, 0.3) is 0 Å². The summed E-state index contributed by atoms with van der Waals surface area (Å²) in [5, 5.41) is 6.29. The van der Waals surface area contributed by atoms with E-state index in [1.165, 1.54) is 23.6 Å². The second kappa shape index (κ2) is 12.3. The molecule has 0 aromatic heterocycles. The first-order valence-electron chi connectivity index (χ1n) is 13.4. The molecule has 206 valence electrons. The number of rotatable bonds is 8. The largest absolute Gasteiger partial charge is 0.379 e. The Bertz CT molecular complexity index is 1210. The van der Waals surface area contributed by atoms with Crippen molar-refractivity contribution in [2.45, 2.75) is 24.2 Å². The highest BCUT2D eigenvalue weighted by Crippen LogP contribution is 2.32. The molecule has 0 aliphatic carbocycles. The molecule has 2 aromatic rings. The van der Waals surface area contributed by atoms with Gasteiger partial charge >= 0.3 is 0 Å². The lowest BCUT2D eigenvalue weighted by atomic mass is 10.1. The SMILES string of the molecule is O=C(CNc1ccccc1N1CCCCC1)Nc1cc(S(=O)(=O)N2CCOCC2)ccc1N1CCOCC1. The Kier molecular flexibility index (Phi) is 8.68. The molecular weight excluding hydrogens is 506 g/mol. The fourth-order valence-corrected chi connectivity index (χ4v) is 6.63. The summed E-state index contributed by atoms with van der Waals surface area (Å²) in [7, 11) is -3.70. The molecule has 0 unspecified atom stereocenters. The lowest BCUT2D eigenvalue weighted by Gasteiger charge is -2.31. The van der Waals surface area contributed by atoms with Gasteiger partial charge in [-0.1, -0.05) is 12.1 Å². The van der Waals surface area contributed by atoms with Crippen molar-refractivity contribution in [2.24, 2.45) is 0 Å². The van der Waals surface area contributed by atoms with Gasteiger partial charge in [-0.25, -0.2) is 8.42 Å². The molecule has 11 heteroatoms. The second-order valence-electron chi connectivity index (χ2n) is 9.76. The molecule has 3 fully saturated rings. The number of anilines is 4. The third kappa shape index (κ3) is 6.23. The van der Waals surface area contributed by atoms with E-state index in [2.05, 4.69) is 26.5 Å². The first-order valence-corrected chi connectivity index (χ1v) is 14.9. The molecule has 10 nitrogen and oxygen atoms in total. The quantitative estimate of drug-likeness (QED) is 0.524. The Balaban J connectivity index is 1.34. The van der Waals surface area contributed by atoms with Crippen LogP contribution in [0.1, 0.15) is 19.3 Å². The number of carbonyl (C=O) groups is 1. The summed E-state index contributed by atoms with van der Waals surface area (Å²) in [6.07, 6.45) is 3.59. The topological polar surface area (TPSA) is 103 Å². The van der Waals surface area contributed by atoms with E-state index < -0.39 is 10.0 Å². The number of nitrogens with one attached hydrogen (secondary N) is 2. The summed E-state index contributed by atoms with van der Waals surface area (Å²) in [5.74, 6) is -0.242. The summed E-state index contributed by atoms with van der Waals surface area (Å²) < 4.78 is 38.9. The normalized spacial score (nSPS) is 19.3. The monoisotopic (exact) mass is 543 g/mol. The summed E-state index contributed by atoms with van der Waals surface area (Å²) in [5.41, 5.74) is 3.29. The number of benzene rings is 2. The minimum atomic E-state index is -3.70. The second-order valence-corrected chi connectivity index (χ2v) is 11.7. The smallest absolute Gasteiger partial charge is 0.243 e. The van der Waals surface area contributed by atoms with E-state index in [1.807, 2.05) is 18.2 Å². The maximum absolute atomic E-state index is 13.3. The van der Waals surface area contributed by atoms with Gasteiger partial charge in [0.2, 0.25) is 15.9 Å². The number of morpholine rings is 2. The Labute approximate surface area is 224 Å². The molecule has 5 rings (SSSR count). The van der Waals surface area contributed by atoms with Crippen molar-refractivity contribution < 1.29 is 22.7 Å². The van der Waals surface area contributed by atoms with Gasteiger partial charge in [0.15, 0.2) is 0 Å². The van der Waals surface area contributed by atoms with E-state index in [0.717, 1.165) is 30.2 Å². The minimum absolute atomic E-state index is 0.0633. The molecule has 3 saturated heterocycles. The molecular formula is C27H37N5O5S. The minimum Gasteiger partial charge on any atom is -0.379 e. The van der Waals surface area contributed by atoms with Crippen LogP contribution in [-0.2, 0) is 24.3 Å². The van der Waals surface area contributed by atoms with Crippen LogP contribution in [0, 0.1) is 0 Å². The number of amides is 1. The van der Waals surface area contributed by atoms with Crippen LogP contribution in [0.15, 0.2) is 47.4 Å². The maximum Gasteiger partial charge on any atom is 0.243 e. The van der Waals surface area contributed by atoms with Gasteiger partial charge in [0.25, 0.3) is 0 Å². The van der Waals surface area contributed by atoms with Crippen LogP contribution < -0.4 is 20.4 Å². The van der Waals surface area contributed by atoms with Crippen molar-refractivity contribution in [3.05, 3.63) is 42.5 Å². The van der Waals surface area contributed by atoms with E-state index in [-0.39, 0.29) is 17.3 Å². The lowest BCUT2D eigenvalue weighted by molar-refractivity contribution is -0.114. The van der Waals surface area contributed by atoms with Crippen LogP contribution in [0.3, 0.4) is 0 Å². The number of carbonyl (C=O) groups excluding carboxylic acids is 1. The summed E-state index contributed by atoms with van der Waals surface area (Å²) in [6, 6.07) is 13.0. The van der Waals surface area contributed by atoms with Crippen LogP contribution >= 0.6 is 0 Å². The fourth-order valence-electron chi connectivity index (χ4n) is 5.20. The van der Waals surface area contributed by atoms with Gasteiger partial charge in [0.05, 0.1) is 60.6 Å². The van der Waals surface area contributed by atoms with Crippen molar-refractivity contribution in [1.82, 2.24) is 4.31 Å². The van der Waals surface area contributed by atoms with Crippen LogP contribution in [0.5, 0.6) is 0 Å². The number of hydrogen-bond donors (Lipinski definition) is 2. The third-order valence-electron chi connectivity index (χ3n) is 7.24. The summed E-state index contributed by atoms with van der Waals surface area (Å²) >= 11 is 0. The summed E-state index contributed by atoms with van der Waals surface area (Å²) in [4.78, 5) is 17.8. The Morgan fingerprint density at radius 3 is 2.13 bits per heavy atom. The molecule has 2 N–H and O–H groups in total. The first kappa shape index (κ1) is 26.7. The van der Waals surface area contributed by atoms with E-state index in [9.17, 15) is 13.2 Å². The molecule has 3 aliphatic heterocycles. The van der Waals surface area contributed by atoms with Gasteiger partial charge in [-0.3, -0.25) is 4.79 Å². The standard InChI is InChI=1S/C27H37N5O5S/c33-27(21-28-23-6-2-3-7-25(23)30-10-4-1-5-11-30)29-24-20-22(38(34,35)32-14-18-37-19-15-32)8-9-26(24)31-12-16-36-17-13-31/h2-3,6-9,20,28H,1,4-5,10-19,21H2,(H,29,33). The molecule has 1 amide bonds. The molecule has 0 radical (unpaired) electrons. The van der Waals surface area contributed by atoms with E-state index in [4.69, 9.17) is 9.47 Å². The van der Waals surface area contributed by atoms with Gasteiger partial charge in [-0.15, -0.1) is 0 Å². The molecule has 0 atom stereocenters. The summed E-state index contributed by atoms with van der Waals surface area (Å²) in [6.45, 7) is 5.96. The van der Waals surface area contributed by atoms with Crippen molar-refractivity contribution in [3.63, 3.8) is 0 Å². The fraction of sp³-hybridized carbons (Fsp3) is 0.519. The Morgan fingerprint density at radius 2 is 1.39 bits per heavy atom. The lowest BCUT2D eigenvalue weighted by Crippen LogP contribution is -2.40. The average molecular weight is 544 g/mol. The zero-order valence-corrected chi connectivity index (χ0v) is 22.5. The molecule has 2 aromatic carbocycles. The number of nitrogens with zero attached hydrogens (tertiary/aromatic N) is 3. The average Bonchev–Trinajstić information content (AvgIpc) is 2.97. The number of ether oxygens (including phenoxy) is 2. The zero-order chi connectivity index (χ0) is 26.4. The van der Waals surface area contributed by atoms with Crippen molar-refractivity contribution >= 4 is 38.7 Å². The molecule has 0 saturated carbocycles. The Morgan fingerprint density at radius 1 is 0.763 bits per heavy atom. The molecule has 38 heavy (non-hydrogen) atoms. The molecule has 0 spiro atoms. The van der Waals surface area contributed by atoms with Gasteiger partial charge in [0.1, 0.15) is 0 Å². The van der Waals surface area contributed by atoms with Crippen molar-refractivity contribution in [2.75, 3.05) is 92.7 Å². The van der Waals surface area contributed by atoms with E-state index in [0.29, 0.717) is 58.3 Å². The van der Waals surface area contributed by atoms with Gasteiger partial charge < -0.3 is 29.9 Å². The maximum atomic E-state index is 13.3. The number of piperidine rings is 1. The predicted octanol–water partition coefficient (Wildman–Crippen LogP) is 2.58. The highest BCUT2D eigenvalue weighted by molar-refractivity contribution is 7.89. The first-order chi connectivity index (χ1) is 18.5. The molecule has 3 heterocycles. The number of para-hydroxylation sites is 2. The third-order valence-corrected chi connectivity index (χ3v) is 9.14. The van der Waals surface area contributed by atoms with Crippen LogP contribution in [0.4, 0.5) is 22.7 Å².